The van der Waals surface area contributed by atoms with Crippen LogP contribution in [0.15, 0.2) is 18.2 Å². The molecule has 5 nitrogen and oxygen atoms in total. The van der Waals surface area contributed by atoms with Gasteiger partial charge in [-0.05, 0) is 30.0 Å². The molecule has 1 aromatic rings. The highest BCUT2D eigenvalue weighted by atomic mass is 16.3. The lowest BCUT2D eigenvalue weighted by Crippen LogP contribution is -2.44. The van der Waals surface area contributed by atoms with E-state index in [9.17, 15) is 15.0 Å². The van der Waals surface area contributed by atoms with Crippen LogP contribution in [0.4, 0.5) is 0 Å². The van der Waals surface area contributed by atoms with Crippen LogP contribution in [0.3, 0.4) is 0 Å². The molecular formula is C14H22N2O3. The minimum Gasteiger partial charge on any atom is -0.504 e. The van der Waals surface area contributed by atoms with Crippen LogP contribution in [0.2, 0.25) is 0 Å². The molecule has 1 rings (SSSR count). The molecule has 0 bridgehead atoms. The molecule has 0 radical (unpaired) electrons. The van der Waals surface area contributed by atoms with E-state index in [2.05, 4.69) is 0 Å². The lowest BCUT2D eigenvalue weighted by atomic mass is 10.0. The number of nitrogens with zero attached hydrogens (tertiary/aromatic N) is 1. The number of carbonyl (C=O) groups is 1. The Bertz CT molecular complexity index is 446. The first-order valence-electron chi connectivity index (χ1n) is 6.32. The van der Waals surface area contributed by atoms with Crippen LogP contribution >= 0.6 is 0 Å². The fourth-order valence-electron chi connectivity index (χ4n) is 1.96. The second kappa shape index (κ2) is 6.43. The fourth-order valence-corrected chi connectivity index (χ4v) is 1.96. The van der Waals surface area contributed by atoms with Gasteiger partial charge in [-0.1, -0.05) is 19.9 Å². The van der Waals surface area contributed by atoms with Crippen molar-refractivity contribution in [3.05, 3.63) is 23.8 Å². The molecule has 0 aromatic heterocycles. The Morgan fingerprint density at radius 1 is 1.32 bits per heavy atom. The summed E-state index contributed by atoms with van der Waals surface area (Å²) in [5.41, 5.74) is 6.60. The Kier molecular flexibility index (Phi) is 5.18. The number of hydrogen-bond donors (Lipinski definition) is 3. The number of nitrogens with two attached hydrogens (primary N) is 1. The summed E-state index contributed by atoms with van der Waals surface area (Å²) in [6.45, 7) is 4.73. The summed E-state index contributed by atoms with van der Waals surface area (Å²) in [5, 5.41) is 18.6. The molecule has 1 atom stereocenters. The quantitative estimate of drug-likeness (QED) is 0.696. The summed E-state index contributed by atoms with van der Waals surface area (Å²) >= 11 is 0. The van der Waals surface area contributed by atoms with Gasteiger partial charge in [0.2, 0.25) is 5.91 Å². The minimum absolute atomic E-state index is 0.124. The van der Waals surface area contributed by atoms with Gasteiger partial charge in [-0.2, -0.15) is 0 Å². The molecule has 1 aromatic carbocycles. The Labute approximate surface area is 113 Å². The Balaban J connectivity index is 2.65. The summed E-state index contributed by atoms with van der Waals surface area (Å²) in [4.78, 5) is 13.6. The molecule has 0 unspecified atom stereocenters. The van der Waals surface area contributed by atoms with Crippen molar-refractivity contribution in [2.24, 2.45) is 11.7 Å². The lowest BCUT2D eigenvalue weighted by Gasteiger charge is -2.23. The summed E-state index contributed by atoms with van der Waals surface area (Å²) in [6.07, 6.45) is 0.328. The number of carbonyl (C=O) groups excluding carboxylic acids is 1. The van der Waals surface area contributed by atoms with Gasteiger partial charge in [0.25, 0.3) is 0 Å². The van der Waals surface area contributed by atoms with Crippen LogP contribution in [0.1, 0.15) is 19.4 Å². The van der Waals surface area contributed by atoms with Gasteiger partial charge < -0.3 is 20.8 Å². The average Bonchev–Trinajstić information content (AvgIpc) is 2.32. The Morgan fingerprint density at radius 2 is 1.95 bits per heavy atom. The number of likely N-dealkylation sites (N-methyl/N-ethyl adjacent to an activating group) is 1. The first-order chi connectivity index (χ1) is 8.81. The topological polar surface area (TPSA) is 86.8 Å². The lowest BCUT2D eigenvalue weighted by molar-refractivity contribution is -0.131. The number of phenolic OH excluding ortho intramolecular Hbond substituents is 2. The highest BCUT2D eigenvalue weighted by molar-refractivity contribution is 5.81. The molecule has 19 heavy (non-hydrogen) atoms. The van der Waals surface area contributed by atoms with Crippen molar-refractivity contribution < 1.29 is 15.0 Å². The van der Waals surface area contributed by atoms with Crippen LogP contribution in [0, 0.1) is 5.92 Å². The van der Waals surface area contributed by atoms with E-state index in [4.69, 9.17) is 5.73 Å². The van der Waals surface area contributed by atoms with Crippen molar-refractivity contribution in [3.8, 4) is 11.5 Å². The number of phenols is 2. The van der Waals surface area contributed by atoms with Crippen molar-refractivity contribution >= 4 is 5.91 Å². The smallest absolute Gasteiger partial charge is 0.239 e. The molecule has 106 valence electrons. The second-order valence-corrected chi connectivity index (χ2v) is 5.25. The third-order valence-electron chi connectivity index (χ3n) is 2.83. The number of rotatable bonds is 5. The normalized spacial score (nSPS) is 12.5. The maximum atomic E-state index is 12.0. The van der Waals surface area contributed by atoms with Crippen molar-refractivity contribution in [1.29, 1.82) is 0 Å². The zero-order valence-corrected chi connectivity index (χ0v) is 11.6. The van der Waals surface area contributed by atoms with E-state index < -0.39 is 6.04 Å². The predicted molar refractivity (Wildman–Crippen MR) is 73.9 cm³/mol. The predicted octanol–water partition coefficient (Wildman–Crippen LogP) is 1.08. The highest BCUT2D eigenvalue weighted by Gasteiger charge is 2.19. The average molecular weight is 266 g/mol. The van der Waals surface area contributed by atoms with Crippen molar-refractivity contribution in [3.63, 3.8) is 0 Å². The van der Waals surface area contributed by atoms with E-state index in [0.717, 1.165) is 0 Å². The molecule has 0 saturated heterocycles. The third kappa shape index (κ3) is 4.44. The van der Waals surface area contributed by atoms with Gasteiger partial charge in [-0.15, -0.1) is 0 Å². The van der Waals surface area contributed by atoms with Crippen LogP contribution in [-0.2, 0) is 11.2 Å². The van der Waals surface area contributed by atoms with Crippen molar-refractivity contribution in [2.45, 2.75) is 26.3 Å². The van der Waals surface area contributed by atoms with E-state index in [-0.39, 0.29) is 17.4 Å². The van der Waals surface area contributed by atoms with Crippen LogP contribution in [0.25, 0.3) is 0 Å². The van der Waals surface area contributed by atoms with Gasteiger partial charge >= 0.3 is 0 Å². The molecule has 0 spiro atoms. The summed E-state index contributed by atoms with van der Waals surface area (Å²) < 4.78 is 0. The van der Waals surface area contributed by atoms with Gasteiger partial charge in [0, 0.05) is 13.6 Å². The molecule has 1 amide bonds. The first kappa shape index (κ1) is 15.3. The molecule has 0 heterocycles. The zero-order valence-electron chi connectivity index (χ0n) is 11.6. The molecule has 5 heteroatoms. The van der Waals surface area contributed by atoms with Crippen molar-refractivity contribution in [2.75, 3.05) is 13.6 Å². The SMILES string of the molecule is CC(C)CN(C)C(=O)[C@@H](N)Cc1ccc(O)c(O)c1. The highest BCUT2D eigenvalue weighted by Crippen LogP contribution is 2.25. The van der Waals surface area contributed by atoms with E-state index in [1.54, 1.807) is 18.0 Å². The summed E-state index contributed by atoms with van der Waals surface area (Å²) in [6, 6.07) is 3.81. The van der Waals surface area contributed by atoms with E-state index in [1.807, 2.05) is 13.8 Å². The van der Waals surface area contributed by atoms with E-state index in [1.165, 1.54) is 12.1 Å². The van der Waals surface area contributed by atoms with Crippen molar-refractivity contribution in [1.82, 2.24) is 4.90 Å². The summed E-state index contributed by atoms with van der Waals surface area (Å²) in [7, 11) is 1.73. The van der Waals surface area contributed by atoms with Crippen LogP contribution < -0.4 is 5.73 Å². The maximum absolute atomic E-state index is 12.0. The summed E-state index contributed by atoms with van der Waals surface area (Å²) in [5.74, 6) is -0.117. The molecule has 4 N–H and O–H groups in total. The van der Waals surface area contributed by atoms with Gasteiger partial charge in [0.05, 0.1) is 6.04 Å². The Hall–Kier alpha value is -1.75. The third-order valence-corrected chi connectivity index (χ3v) is 2.83. The number of amides is 1. The molecule has 0 aliphatic carbocycles. The first-order valence-corrected chi connectivity index (χ1v) is 6.32. The van der Waals surface area contributed by atoms with Gasteiger partial charge in [-0.3, -0.25) is 4.79 Å². The molecular weight excluding hydrogens is 244 g/mol. The van der Waals surface area contributed by atoms with E-state index in [0.29, 0.717) is 24.4 Å². The Morgan fingerprint density at radius 3 is 2.47 bits per heavy atom. The molecule has 0 fully saturated rings. The fraction of sp³-hybridized carbons (Fsp3) is 0.500. The largest absolute Gasteiger partial charge is 0.504 e. The van der Waals surface area contributed by atoms with Crippen LogP contribution in [0.5, 0.6) is 11.5 Å². The maximum Gasteiger partial charge on any atom is 0.239 e. The number of aromatic hydroxyl groups is 2. The number of hydrogen-bond acceptors (Lipinski definition) is 4. The standard InChI is InChI=1S/C14H22N2O3/c1-9(2)8-16(3)14(19)11(15)6-10-4-5-12(17)13(18)7-10/h4-5,7,9,11,17-18H,6,8,15H2,1-3H3/t11-/m0/s1. The molecule has 0 aliphatic heterocycles. The van der Waals surface area contributed by atoms with Gasteiger partial charge in [0.15, 0.2) is 11.5 Å². The number of benzene rings is 1. The van der Waals surface area contributed by atoms with E-state index >= 15 is 0 Å². The zero-order chi connectivity index (χ0) is 14.6. The monoisotopic (exact) mass is 266 g/mol. The van der Waals surface area contributed by atoms with Gasteiger partial charge in [-0.25, -0.2) is 0 Å². The molecule has 0 saturated carbocycles. The van der Waals surface area contributed by atoms with Gasteiger partial charge in [0.1, 0.15) is 0 Å². The van der Waals surface area contributed by atoms with Crippen LogP contribution in [-0.4, -0.2) is 40.7 Å². The molecule has 0 aliphatic rings. The minimum atomic E-state index is -0.646. The second-order valence-electron chi connectivity index (χ2n) is 5.25.